The quantitative estimate of drug-likeness (QED) is 0.659. The van der Waals surface area contributed by atoms with Crippen molar-refractivity contribution in [2.45, 2.75) is 57.2 Å². The minimum absolute atomic E-state index is 0.0403. The summed E-state index contributed by atoms with van der Waals surface area (Å²) in [6.45, 7) is 2.55. The van der Waals surface area contributed by atoms with Crippen LogP contribution in [0.4, 0.5) is 0 Å². The Morgan fingerprint density at radius 1 is 1.22 bits per heavy atom. The second-order valence-corrected chi connectivity index (χ2v) is 10.1. The lowest BCUT2D eigenvalue weighted by Crippen LogP contribution is -2.66. The number of hydrogen-bond donors (Lipinski definition) is 2. The molecule has 4 fully saturated rings. The van der Waals surface area contributed by atoms with E-state index in [9.17, 15) is 9.59 Å². The summed E-state index contributed by atoms with van der Waals surface area (Å²) >= 11 is 6.08. The van der Waals surface area contributed by atoms with Crippen LogP contribution in [0.25, 0.3) is 5.82 Å². The van der Waals surface area contributed by atoms with Crippen molar-refractivity contribution < 1.29 is 14.3 Å². The van der Waals surface area contributed by atoms with Gasteiger partial charge in [0.1, 0.15) is 5.56 Å². The number of methoxy groups -OCH3 is 1. The van der Waals surface area contributed by atoms with E-state index in [1.54, 1.807) is 35.8 Å². The molecule has 0 radical (unpaired) electrons. The lowest BCUT2D eigenvalue weighted by molar-refractivity contribution is -0.125. The maximum Gasteiger partial charge on any atom is 0.256 e. The molecule has 2 N–H and O–H groups in total. The summed E-state index contributed by atoms with van der Waals surface area (Å²) in [5.41, 5.74) is 0.372. The van der Waals surface area contributed by atoms with E-state index in [2.05, 4.69) is 20.8 Å². The first-order chi connectivity index (χ1) is 15.4. The lowest BCUT2D eigenvalue weighted by Gasteiger charge is -2.60. The number of halogens is 1. The van der Waals surface area contributed by atoms with Gasteiger partial charge in [0, 0.05) is 25.6 Å². The van der Waals surface area contributed by atoms with Crippen LogP contribution in [0.15, 0.2) is 18.6 Å². The summed E-state index contributed by atoms with van der Waals surface area (Å²) in [5.74, 6) is 1.85. The number of rotatable bonds is 7. The van der Waals surface area contributed by atoms with Crippen LogP contribution < -0.4 is 10.6 Å². The van der Waals surface area contributed by atoms with Crippen LogP contribution in [0.1, 0.15) is 49.4 Å². The third-order valence-electron chi connectivity index (χ3n) is 7.34. The molecule has 4 aliphatic carbocycles. The molecule has 10 heteroatoms. The Morgan fingerprint density at radius 2 is 1.97 bits per heavy atom. The van der Waals surface area contributed by atoms with E-state index in [1.807, 2.05) is 0 Å². The van der Waals surface area contributed by atoms with E-state index in [0.29, 0.717) is 47.3 Å². The molecule has 6 rings (SSSR count). The molecule has 2 heterocycles. The minimum atomic E-state index is -0.152. The zero-order valence-corrected chi connectivity index (χ0v) is 19.1. The highest BCUT2D eigenvalue weighted by atomic mass is 35.5. The van der Waals surface area contributed by atoms with Gasteiger partial charge in [0.05, 0.1) is 36.8 Å². The molecule has 0 spiro atoms. The van der Waals surface area contributed by atoms with Crippen molar-refractivity contribution in [1.82, 2.24) is 30.2 Å². The standard InChI is InChI=1S/C22H29ClN6O3/c1-13(30)27-22-7-14-5-15(8-22)19(16(6-14)9-22)26-20(31)18-11-25-28(3-4-32-2)21(18)29-12-17(23)10-24-29/h10-12,14-16,19H,3-9H2,1-2H3,(H,26,31)(H,27,30)/t14?,15?,16?,19-,22-. The van der Waals surface area contributed by atoms with Gasteiger partial charge in [-0.3, -0.25) is 9.59 Å². The van der Waals surface area contributed by atoms with Gasteiger partial charge in [-0.25, -0.2) is 9.36 Å². The van der Waals surface area contributed by atoms with Crippen molar-refractivity contribution in [3.63, 3.8) is 0 Å². The van der Waals surface area contributed by atoms with E-state index < -0.39 is 0 Å². The molecule has 0 aromatic carbocycles. The van der Waals surface area contributed by atoms with Crippen molar-refractivity contribution in [3.05, 3.63) is 29.2 Å². The Morgan fingerprint density at radius 3 is 2.59 bits per heavy atom. The molecule has 2 aromatic heterocycles. The second kappa shape index (κ2) is 8.19. The highest BCUT2D eigenvalue weighted by Gasteiger charge is 2.56. The van der Waals surface area contributed by atoms with E-state index in [1.165, 1.54) is 6.20 Å². The molecule has 2 atom stereocenters. The zero-order chi connectivity index (χ0) is 22.5. The van der Waals surface area contributed by atoms with E-state index in [4.69, 9.17) is 16.3 Å². The minimum Gasteiger partial charge on any atom is -0.383 e. The van der Waals surface area contributed by atoms with Crippen LogP contribution in [0, 0.1) is 17.8 Å². The summed E-state index contributed by atoms with van der Waals surface area (Å²) in [6.07, 6.45) is 9.93. The largest absolute Gasteiger partial charge is 0.383 e. The Hall–Kier alpha value is -2.39. The van der Waals surface area contributed by atoms with Crippen molar-refractivity contribution in [3.8, 4) is 5.82 Å². The molecule has 4 saturated carbocycles. The summed E-state index contributed by atoms with van der Waals surface area (Å²) in [7, 11) is 1.63. The maximum absolute atomic E-state index is 13.4. The van der Waals surface area contributed by atoms with Gasteiger partial charge in [-0.2, -0.15) is 10.2 Å². The van der Waals surface area contributed by atoms with Gasteiger partial charge in [0.2, 0.25) is 5.91 Å². The molecule has 2 aromatic rings. The molecule has 32 heavy (non-hydrogen) atoms. The number of nitrogens with zero attached hydrogens (tertiary/aromatic N) is 4. The zero-order valence-electron chi connectivity index (χ0n) is 18.4. The van der Waals surface area contributed by atoms with Crippen LogP contribution in [-0.4, -0.2) is 56.7 Å². The first-order valence-electron chi connectivity index (χ1n) is 11.2. The van der Waals surface area contributed by atoms with Crippen LogP contribution in [0.5, 0.6) is 0 Å². The van der Waals surface area contributed by atoms with Gasteiger partial charge in [0.25, 0.3) is 5.91 Å². The molecule has 4 aliphatic rings. The molecule has 4 bridgehead atoms. The molecule has 9 nitrogen and oxygen atoms in total. The number of hydrogen-bond acceptors (Lipinski definition) is 5. The normalized spacial score (nSPS) is 30.5. The van der Waals surface area contributed by atoms with Gasteiger partial charge in [0.15, 0.2) is 5.82 Å². The van der Waals surface area contributed by atoms with Crippen LogP contribution in [-0.2, 0) is 16.1 Å². The third-order valence-corrected chi connectivity index (χ3v) is 7.54. The third kappa shape index (κ3) is 3.81. The van der Waals surface area contributed by atoms with Crippen molar-refractivity contribution >= 4 is 23.4 Å². The van der Waals surface area contributed by atoms with Gasteiger partial charge in [-0.15, -0.1) is 0 Å². The van der Waals surface area contributed by atoms with Gasteiger partial charge in [-0.1, -0.05) is 11.6 Å². The summed E-state index contributed by atoms with van der Waals surface area (Å²) in [5, 5.41) is 15.8. The fourth-order valence-electron chi connectivity index (χ4n) is 6.55. The number of ether oxygens (including phenoxy) is 1. The van der Waals surface area contributed by atoms with Crippen LogP contribution in [0.3, 0.4) is 0 Å². The smallest absolute Gasteiger partial charge is 0.256 e. The monoisotopic (exact) mass is 460 g/mol. The van der Waals surface area contributed by atoms with Crippen molar-refractivity contribution in [2.75, 3.05) is 13.7 Å². The lowest BCUT2D eigenvalue weighted by atomic mass is 9.51. The Labute approximate surface area is 191 Å². The fraction of sp³-hybridized carbons (Fsp3) is 0.636. The second-order valence-electron chi connectivity index (χ2n) is 9.63. The number of nitrogens with one attached hydrogen (secondary N) is 2. The fourth-order valence-corrected chi connectivity index (χ4v) is 6.69. The first-order valence-corrected chi connectivity index (χ1v) is 11.6. The number of carbonyl (C=O) groups excluding carboxylic acids is 2. The summed E-state index contributed by atoms with van der Waals surface area (Å²) in [6, 6.07) is 0.109. The van der Waals surface area contributed by atoms with Crippen LogP contribution >= 0.6 is 11.6 Å². The maximum atomic E-state index is 13.4. The molecule has 172 valence electrons. The number of aromatic nitrogens is 4. The molecule has 0 aliphatic heterocycles. The highest BCUT2D eigenvalue weighted by Crippen LogP contribution is 2.55. The number of amides is 2. The predicted molar refractivity (Wildman–Crippen MR) is 118 cm³/mol. The predicted octanol–water partition coefficient (Wildman–Crippen LogP) is 2.18. The number of carbonyl (C=O) groups is 2. The van der Waals surface area contributed by atoms with Gasteiger partial charge >= 0.3 is 0 Å². The molecule has 2 unspecified atom stereocenters. The van der Waals surface area contributed by atoms with Crippen molar-refractivity contribution in [2.24, 2.45) is 17.8 Å². The Bertz CT molecular complexity index is 1020. The SMILES string of the molecule is COCCn1ncc(C(=O)N[C@H]2C3CC4CC2C[C@](NC(C)=O)(C4)C3)c1-n1cc(Cl)cn1. The van der Waals surface area contributed by atoms with Crippen molar-refractivity contribution in [1.29, 1.82) is 0 Å². The summed E-state index contributed by atoms with van der Waals surface area (Å²) < 4.78 is 8.49. The highest BCUT2D eigenvalue weighted by molar-refractivity contribution is 6.30. The molecular formula is C22H29ClN6O3. The summed E-state index contributed by atoms with van der Waals surface area (Å²) in [4.78, 5) is 25.3. The van der Waals surface area contributed by atoms with Gasteiger partial charge in [-0.05, 0) is 49.9 Å². The van der Waals surface area contributed by atoms with Gasteiger partial charge < -0.3 is 15.4 Å². The molecule has 2 amide bonds. The average Bonchev–Trinajstić information content (AvgIpc) is 3.33. The first kappa shape index (κ1) is 21.5. The van der Waals surface area contributed by atoms with E-state index in [-0.39, 0.29) is 23.4 Å². The van der Waals surface area contributed by atoms with E-state index >= 15 is 0 Å². The molecular weight excluding hydrogens is 432 g/mol. The average molecular weight is 461 g/mol. The topological polar surface area (TPSA) is 103 Å². The van der Waals surface area contributed by atoms with Crippen LogP contribution in [0.2, 0.25) is 5.02 Å². The molecule has 0 saturated heterocycles. The van der Waals surface area contributed by atoms with E-state index in [0.717, 1.165) is 32.1 Å². The Kier molecular flexibility index (Phi) is 5.49. The Balaban J connectivity index is 1.38.